The van der Waals surface area contributed by atoms with Gasteiger partial charge in [0.05, 0.1) is 5.92 Å². The van der Waals surface area contributed by atoms with E-state index in [2.05, 4.69) is 6.58 Å². The lowest BCUT2D eigenvalue weighted by Crippen LogP contribution is -2.15. The molecule has 2 saturated heterocycles. The third kappa shape index (κ3) is 1.06. The molecule has 11 heavy (non-hydrogen) atoms. The first kappa shape index (κ1) is 6.89. The van der Waals surface area contributed by atoms with Crippen molar-refractivity contribution in [3.8, 4) is 0 Å². The number of hydrogen-bond donors (Lipinski definition) is 0. The van der Waals surface area contributed by atoms with Crippen LogP contribution in [0.3, 0.4) is 0 Å². The molecule has 2 aliphatic heterocycles. The molecule has 0 amide bonds. The second-order valence-electron chi connectivity index (χ2n) is 3.44. The zero-order chi connectivity index (χ0) is 7.84. The molecule has 1 aliphatic carbocycles. The van der Waals surface area contributed by atoms with Crippen LogP contribution in [0, 0.1) is 11.8 Å². The number of esters is 1. The van der Waals surface area contributed by atoms with Gasteiger partial charge in [-0.05, 0) is 25.7 Å². The van der Waals surface area contributed by atoms with Gasteiger partial charge in [0.2, 0.25) is 0 Å². The molecule has 2 heteroatoms. The first-order valence-corrected chi connectivity index (χ1v) is 4.18. The molecule has 0 radical (unpaired) electrons. The van der Waals surface area contributed by atoms with E-state index in [0.29, 0.717) is 11.7 Å². The Morgan fingerprint density at radius 3 is 2.36 bits per heavy atom. The summed E-state index contributed by atoms with van der Waals surface area (Å²) in [5.41, 5.74) is 0. The van der Waals surface area contributed by atoms with Gasteiger partial charge in [-0.2, -0.15) is 0 Å². The van der Waals surface area contributed by atoms with E-state index in [1.165, 1.54) is 0 Å². The van der Waals surface area contributed by atoms with Crippen LogP contribution in [0.1, 0.15) is 25.7 Å². The van der Waals surface area contributed by atoms with E-state index in [0.717, 1.165) is 25.7 Å². The molecular formula is C9H12O2. The monoisotopic (exact) mass is 152 g/mol. The zero-order valence-corrected chi connectivity index (χ0v) is 6.51. The number of fused-ring (bicyclic) bond motifs is 4. The van der Waals surface area contributed by atoms with Gasteiger partial charge in [-0.1, -0.05) is 6.58 Å². The average Bonchev–Trinajstić information content (AvgIpc) is 2.22. The minimum Gasteiger partial charge on any atom is -0.431 e. The van der Waals surface area contributed by atoms with Crippen LogP contribution < -0.4 is 0 Å². The molecule has 0 aromatic heterocycles. The molecule has 60 valence electrons. The molecule has 0 spiro atoms. The third-order valence-corrected chi connectivity index (χ3v) is 2.75. The van der Waals surface area contributed by atoms with Crippen LogP contribution in [-0.2, 0) is 9.53 Å². The molecule has 3 aliphatic rings. The largest absolute Gasteiger partial charge is 0.431 e. The Labute approximate surface area is 66.2 Å². The molecule has 3 fully saturated rings. The summed E-state index contributed by atoms with van der Waals surface area (Å²) in [6.07, 6.45) is 4.19. The summed E-state index contributed by atoms with van der Waals surface area (Å²) in [5, 5.41) is 0. The molecule has 2 bridgehead atoms. The van der Waals surface area contributed by atoms with Crippen molar-refractivity contribution >= 4 is 5.97 Å². The molecule has 1 saturated carbocycles. The third-order valence-electron chi connectivity index (χ3n) is 2.75. The van der Waals surface area contributed by atoms with E-state index in [9.17, 15) is 4.79 Å². The maximum Gasteiger partial charge on any atom is 0.313 e. The Morgan fingerprint density at radius 1 is 1.18 bits per heavy atom. The summed E-state index contributed by atoms with van der Waals surface area (Å²) in [7, 11) is 0. The first-order valence-electron chi connectivity index (χ1n) is 4.18. The minimum absolute atomic E-state index is 0.0463. The fraction of sp³-hybridized carbons (Fsp3) is 0.667. The van der Waals surface area contributed by atoms with Crippen LogP contribution in [0.2, 0.25) is 0 Å². The molecule has 3 rings (SSSR count). The lowest BCUT2D eigenvalue weighted by atomic mass is 9.83. The summed E-state index contributed by atoms with van der Waals surface area (Å²) in [6, 6.07) is 0. The summed E-state index contributed by atoms with van der Waals surface area (Å²) in [4.78, 5) is 11.2. The highest BCUT2D eigenvalue weighted by Gasteiger charge is 2.34. The van der Waals surface area contributed by atoms with Crippen LogP contribution in [0.15, 0.2) is 12.3 Å². The van der Waals surface area contributed by atoms with Crippen molar-refractivity contribution in [1.82, 2.24) is 0 Å². The predicted octanol–water partition coefficient (Wildman–Crippen LogP) is 1.86. The first-order chi connectivity index (χ1) is 5.27. The molecule has 0 N–H and O–H groups in total. The van der Waals surface area contributed by atoms with Gasteiger partial charge in [0.25, 0.3) is 0 Å². The maximum atomic E-state index is 11.2. The Kier molecular flexibility index (Phi) is 1.48. The van der Waals surface area contributed by atoms with E-state index in [-0.39, 0.29) is 11.9 Å². The summed E-state index contributed by atoms with van der Waals surface area (Å²) < 4.78 is 5.06. The topological polar surface area (TPSA) is 26.3 Å². The van der Waals surface area contributed by atoms with Crippen LogP contribution >= 0.6 is 0 Å². The minimum atomic E-state index is -0.0463. The summed E-state index contributed by atoms with van der Waals surface area (Å²) >= 11 is 0. The molecule has 2 nitrogen and oxygen atoms in total. The Hall–Kier alpha value is -0.790. The highest BCUT2D eigenvalue weighted by atomic mass is 16.5. The zero-order valence-electron chi connectivity index (χ0n) is 6.51. The van der Waals surface area contributed by atoms with Gasteiger partial charge in [-0.25, -0.2) is 0 Å². The number of ether oxygens (including phenoxy) is 1. The molecular weight excluding hydrogens is 140 g/mol. The predicted molar refractivity (Wildman–Crippen MR) is 40.7 cm³/mol. The van der Waals surface area contributed by atoms with Crippen molar-refractivity contribution in [3.05, 3.63) is 12.3 Å². The van der Waals surface area contributed by atoms with Gasteiger partial charge < -0.3 is 4.74 Å². The standard InChI is InChI=1S/C9H12O2/c1-6-7-2-4-8(5-3-7)9(10)11-6/h7-8H,1-5H2. The number of carbonyl (C=O) groups is 1. The van der Waals surface area contributed by atoms with Crippen molar-refractivity contribution < 1.29 is 9.53 Å². The van der Waals surface area contributed by atoms with Gasteiger partial charge in [-0.15, -0.1) is 0 Å². The van der Waals surface area contributed by atoms with E-state index in [4.69, 9.17) is 4.74 Å². The number of hydrogen-bond acceptors (Lipinski definition) is 2. The van der Waals surface area contributed by atoms with Crippen LogP contribution in [0.4, 0.5) is 0 Å². The van der Waals surface area contributed by atoms with Gasteiger partial charge in [0.1, 0.15) is 5.76 Å². The fourth-order valence-corrected chi connectivity index (χ4v) is 1.95. The quantitative estimate of drug-likeness (QED) is 0.495. The SMILES string of the molecule is C=C1OC(=O)C2CCC1CC2. The lowest BCUT2D eigenvalue weighted by Gasteiger charge is -2.18. The summed E-state index contributed by atoms with van der Waals surface area (Å²) in [5.74, 6) is 1.29. The Balaban J connectivity index is 2.25. The Bertz CT molecular complexity index is 178. The van der Waals surface area contributed by atoms with E-state index >= 15 is 0 Å². The van der Waals surface area contributed by atoms with Gasteiger partial charge >= 0.3 is 5.97 Å². The molecule has 0 aromatic carbocycles. The second-order valence-corrected chi connectivity index (χ2v) is 3.44. The van der Waals surface area contributed by atoms with Crippen LogP contribution in [0.5, 0.6) is 0 Å². The summed E-state index contributed by atoms with van der Waals surface area (Å²) in [6.45, 7) is 3.76. The smallest absolute Gasteiger partial charge is 0.313 e. The van der Waals surface area contributed by atoms with Crippen molar-refractivity contribution in [2.45, 2.75) is 25.7 Å². The highest BCUT2D eigenvalue weighted by Crippen LogP contribution is 2.37. The van der Waals surface area contributed by atoms with Crippen LogP contribution in [0.25, 0.3) is 0 Å². The number of rotatable bonds is 0. The second kappa shape index (κ2) is 2.36. The average molecular weight is 152 g/mol. The molecule has 0 atom stereocenters. The molecule has 0 unspecified atom stereocenters. The fourth-order valence-electron chi connectivity index (χ4n) is 1.95. The van der Waals surface area contributed by atoms with Crippen molar-refractivity contribution in [2.24, 2.45) is 11.8 Å². The molecule has 2 heterocycles. The number of allylic oxidation sites excluding steroid dienone is 1. The van der Waals surface area contributed by atoms with E-state index < -0.39 is 0 Å². The maximum absolute atomic E-state index is 11.2. The lowest BCUT2D eigenvalue weighted by molar-refractivity contribution is -0.143. The van der Waals surface area contributed by atoms with E-state index in [1.54, 1.807) is 0 Å². The highest BCUT2D eigenvalue weighted by molar-refractivity contribution is 5.74. The molecule has 0 aromatic rings. The number of carbonyl (C=O) groups excluding carboxylic acids is 1. The van der Waals surface area contributed by atoms with Crippen molar-refractivity contribution in [3.63, 3.8) is 0 Å². The van der Waals surface area contributed by atoms with Gasteiger partial charge in [0, 0.05) is 5.92 Å². The van der Waals surface area contributed by atoms with Crippen molar-refractivity contribution in [2.75, 3.05) is 0 Å². The normalized spacial score (nSPS) is 36.7. The van der Waals surface area contributed by atoms with Gasteiger partial charge in [-0.3, -0.25) is 4.79 Å². The van der Waals surface area contributed by atoms with Crippen LogP contribution in [-0.4, -0.2) is 5.97 Å². The van der Waals surface area contributed by atoms with Gasteiger partial charge in [0.15, 0.2) is 0 Å². The Morgan fingerprint density at radius 2 is 1.73 bits per heavy atom. The van der Waals surface area contributed by atoms with E-state index in [1.807, 2.05) is 0 Å². The van der Waals surface area contributed by atoms with Crippen molar-refractivity contribution in [1.29, 1.82) is 0 Å².